The summed E-state index contributed by atoms with van der Waals surface area (Å²) in [6, 6.07) is 10.6. The number of likely N-dealkylation sites (tertiary alicyclic amines) is 1. The highest BCUT2D eigenvalue weighted by molar-refractivity contribution is 7.91. The van der Waals surface area contributed by atoms with Gasteiger partial charge in [-0.1, -0.05) is 29.8 Å². The molecular weight excluding hydrogens is 595 g/mol. The van der Waals surface area contributed by atoms with Crippen molar-refractivity contribution in [3.8, 4) is 5.88 Å². The number of rotatable bonds is 7. The summed E-state index contributed by atoms with van der Waals surface area (Å²) in [6.45, 7) is 0.200. The first-order valence-corrected chi connectivity index (χ1v) is 15.1. The van der Waals surface area contributed by atoms with Gasteiger partial charge in [0, 0.05) is 30.8 Å². The van der Waals surface area contributed by atoms with Crippen molar-refractivity contribution in [2.45, 2.75) is 39.7 Å². The molecule has 1 aliphatic rings. The fraction of sp³-hybridized carbons (Fsp3) is 0.280. The summed E-state index contributed by atoms with van der Waals surface area (Å²) >= 11 is 5.93. The van der Waals surface area contributed by atoms with E-state index in [2.05, 4.69) is 9.71 Å². The van der Waals surface area contributed by atoms with Crippen molar-refractivity contribution in [2.24, 2.45) is 0 Å². The topological polar surface area (TPSA) is 123 Å². The highest BCUT2D eigenvalue weighted by atomic mass is 35.5. The molecule has 3 aromatic rings. The Balaban J connectivity index is 1.56. The molecule has 9 nitrogen and oxygen atoms in total. The van der Waals surface area contributed by atoms with Gasteiger partial charge in [0.15, 0.2) is 0 Å². The standard InChI is InChI=1S/C25H23ClF3N3O6S2/c1-38-23-14-16(13-22(26)30-23)24(33)32-11-9-17(10-12-32)31-40(36,37)21-15-19(7-8-20(21)25(27,28)29)39(34,35)18-5-3-2-4-6-18/h2-8,13-15,17,31H,9-12H2,1H3. The van der Waals surface area contributed by atoms with Crippen molar-refractivity contribution in [2.75, 3.05) is 20.2 Å². The second-order valence-electron chi connectivity index (χ2n) is 8.88. The van der Waals surface area contributed by atoms with Crippen LogP contribution in [0.1, 0.15) is 28.8 Å². The quantitative estimate of drug-likeness (QED) is 0.395. The summed E-state index contributed by atoms with van der Waals surface area (Å²) in [6.07, 6.45) is -4.86. The van der Waals surface area contributed by atoms with E-state index in [1.54, 1.807) is 6.07 Å². The number of aromatic nitrogens is 1. The van der Waals surface area contributed by atoms with E-state index in [1.165, 1.54) is 48.4 Å². The van der Waals surface area contributed by atoms with Gasteiger partial charge in [0.1, 0.15) is 5.15 Å². The van der Waals surface area contributed by atoms with E-state index in [4.69, 9.17) is 16.3 Å². The second kappa shape index (κ2) is 11.4. The molecule has 214 valence electrons. The maximum absolute atomic E-state index is 13.8. The first-order chi connectivity index (χ1) is 18.7. The van der Waals surface area contributed by atoms with Crippen molar-refractivity contribution >= 4 is 37.4 Å². The molecule has 2 heterocycles. The summed E-state index contributed by atoms with van der Waals surface area (Å²) in [7, 11) is -7.76. The highest BCUT2D eigenvalue weighted by Crippen LogP contribution is 2.36. The van der Waals surface area contributed by atoms with E-state index in [-0.39, 0.29) is 47.4 Å². The van der Waals surface area contributed by atoms with Gasteiger partial charge in [-0.2, -0.15) is 13.2 Å². The largest absolute Gasteiger partial charge is 0.481 e. The number of carbonyl (C=O) groups is 1. The lowest BCUT2D eigenvalue weighted by Gasteiger charge is -2.32. The fourth-order valence-corrected chi connectivity index (χ4v) is 7.37. The fourth-order valence-electron chi connectivity index (χ4n) is 4.23. The minimum Gasteiger partial charge on any atom is -0.481 e. The van der Waals surface area contributed by atoms with Crippen molar-refractivity contribution in [1.82, 2.24) is 14.6 Å². The lowest BCUT2D eigenvalue weighted by Crippen LogP contribution is -2.46. The SMILES string of the molecule is COc1cc(C(=O)N2CCC(NS(=O)(=O)c3cc(S(=O)(=O)c4ccccc4)ccc3C(F)(F)F)CC2)cc(Cl)n1. The van der Waals surface area contributed by atoms with Gasteiger partial charge >= 0.3 is 6.18 Å². The molecule has 0 spiro atoms. The molecule has 15 heteroatoms. The third-order valence-corrected chi connectivity index (χ3v) is 9.76. The van der Waals surface area contributed by atoms with Crippen LogP contribution >= 0.6 is 11.6 Å². The van der Waals surface area contributed by atoms with Gasteiger partial charge in [-0.15, -0.1) is 0 Å². The summed E-state index contributed by atoms with van der Waals surface area (Å²) in [5.41, 5.74) is -1.29. The van der Waals surface area contributed by atoms with E-state index in [0.29, 0.717) is 12.1 Å². The maximum Gasteiger partial charge on any atom is 0.417 e. The molecule has 0 unspecified atom stereocenters. The third-order valence-electron chi connectivity index (χ3n) is 6.24. The molecule has 1 aromatic heterocycles. The molecule has 40 heavy (non-hydrogen) atoms. The molecule has 0 aliphatic carbocycles. The minimum atomic E-state index is -5.07. The number of alkyl halides is 3. The van der Waals surface area contributed by atoms with Gasteiger partial charge < -0.3 is 9.64 Å². The first-order valence-electron chi connectivity index (χ1n) is 11.8. The van der Waals surface area contributed by atoms with E-state index in [1.807, 2.05) is 0 Å². The number of ether oxygens (including phenoxy) is 1. The number of piperidine rings is 1. The monoisotopic (exact) mass is 617 g/mol. The zero-order valence-corrected chi connectivity index (χ0v) is 23.2. The van der Waals surface area contributed by atoms with Gasteiger partial charge in [-0.25, -0.2) is 26.5 Å². The Morgan fingerprint density at radius 1 is 1.00 bits per heavy atom. The van der Waals surface area contributed by atoms with Crippen LogP contribution < -0.4 is 9.46 Å². The Kier molecular flexibility index (Phi) is 8.45. The van der Waals surface area contributed by atoms with Crippen LogP contribution in [0.2, 0.25) is 5.15 Å². The molecule has 1 aliphatic heterocycles. The molecule has 1 amide bonds. The summed E-state index contributed by atoms with van der Waals surface area (Å²) < 4.78 is 101. The minimum absolute atomic E-state index is 0.0438. The average molecular weight is 618 g/mol. The molecule has 0 bridgehead atoms. The number of sulfone groups is 1. The summed E-state index contributed by atoms with van der Waals surface area (Å²) in [4.78, 5) is 16.3. The van der Waals surface area contributed by atoms with E-state index >= 15 is 0 Å². The van der Waals surface area contributed by atoms with Gasteiger partial charge in [0.05, 0.1) is 27.4 Å². The zero-order valence-electron chi connectivity index (χ0n) is 20.9. The van der Waals surface area contributed by atoms with Crippen molar-refractivity contribution < 1.29 is 39.5 Å². The number of carbonyl (C=O) groups excluding carboxylic acids is 1. The molecule has 0 saturated carbocycles. The predicted octanol–water partition coefficient (Wildman–Crippen LogP) is 4.18. The summed E-state index contributed by atoms with van der Waals surface area (Å²) in [5.74, 6) is -0.266. The Bertz CT molecular complexity index is 1630. The van der Waals surface area contributed by atoms with Crippen LogP contribution in [-0.4, -0.2) is 58.9 Å². The number of amides is 1. The predicted molar refractivity (Wildman–Crippen MR) is 138 cm³/mol. The second-order valence-corrected chi connectivity index (χ2v) is 12.9. The molecule has 0 atom stereocenters. The van der Waals surface area contributed by atoms with E-state index in [0.717, 1.165) is 6.07 Å². The average Bonchev–Trinajstić information content (AvgIpc) is 2.92. The van der Waals surface area contributed by atoms with Crippen LogP contribution in [-0.2, 0) is 26.0 Å². The Morgan fingerprint density at radius 3 is 2.25 bits per heavy atom. The zero-order chi connectivity index (χ0) is 29.3. The molecule has 0 radical (unpaired) electrons. The highest BCUT2D eigenvalue weighted by Gasteiger charge is 2.39. The number of nitrogens with zero attached hydrogens (tertiary/aromatic N) is 2. The van der Waals surface area contributed by atoms with Crippen LogP contribution in [0, 0.1) is 0 Å². The lowest BCUT2D eigenvalue weighted by atomic mass is 10.1. The Labute approximate surface area is 233 Å². The van der Waals surface area contributed by atoms with Crippen LogP contribution in [0.15, 0.2) is 75.4 Å². The molecule has 2 aromatic carbocycles. The molecule has 1 saturated heterocycles. The number of nitrogens with one attached hydrogen (secondary N) is 1. The number of hydrogen-bond donors (Lipinski definition) is 1. The molecule has 1 N–H and O–H groups in total. The van der Waals surface area contributed by atoms with Crippen LogP contribution in [0.5, 0.6) is 5.88 Å². The molecular formula is C25H23ClF3N3O6S2. The number of methoxy groups -OCH3 is 1. The number of sulfonamides is 1. The van der Waals surface area contributed by atoms with Crippen LogP contribution in [0.3, 0.4) is 0 Å². The first kappa shape index (κ1) is 29.8. The number of pyridine rings is 1. The number of hydrogen-bond acceptors (Lipinski definition) is 7. The number of benzene rings is 2. The van der Waals surface area contributed by atoms with Gasteiger partial charge in [-0.05, 0) is 49.2 Å². The van der Waals surface area contributed by atoms with Crippen LogP contribution in [0.25, 0.3) is 0 Å². The molecule has 4 rings (SSSR count). The maximum atomic E-state index is 13.8. The molecule has 1 fully saturated rings. The van der Waals surface area contributed by atoms with Crippen molar-refractivity contribution in [1.29, 1.82) is 0 Å². The number of halogens is 4. The summed E-state index contributed by atoms with van der Waals surface area (Å²) in [5, 5.41) is 0.0438. The Hall–Kier alpha value is -3.20. The van der Waals surface area contributed by atoms with E-state index in [9.17, 15) is 34.8 Å². The van der Waals surface area contributed by atoms with Crippen molar-refractivity contribution in [3.63, 3.8) is 0 Å². The Morgan fingerprint density at radius 2 is 1.65 bits per heavy atom. The van der Waals surface area contributed by atoms with E-state index < -0.39 is 53.3 Å². The normalized spacial score (nSPS) is 15.2. The third kappa shape index (κ3) is 6.40. The van der Waals surface area contributed by atoms with Crippen LogP contribution in [0.4, 0.5) is 13.2 Å². The smallest absolute Gasteiger partial charge is 0.417 e. The van der Waals surface area contributed by atoms with Gasteiger partial charge in [0.25, 0.3) is 5.91 Å². The van der Waals surface area contributed by atoms with Crippen molar-refractivity contribution in [3.05, 3.63) is 76.9 Å². The lowest BCUT2D eigenvalue weighted by molar-refractivity contribution is -0.139. The van der Waals surface area contributed by atoms with Gasteiger partial charge in [0.2, 0.25) is 25.7 Å². The van der Waals surface area contributed by atoms with Gasteiger partial charge in [-0.3, -0.25) is 4.79 Å².